The fourth-order valence-electron chi connectivity index (χ4n) is 3.30. The van der Waals surface area contributed by atoms with Crippen LogP contribution >= 0.6 is 0 Å². The first-order chi connectivity index (χ1) is 14.3. The molecule has 0 saturated heterocycles. The number of hydrogen-bond acceptors (Lipinski definition) is 4. The summed E-state index contributed by atoms with van der Waals surface area (Å²) in [5.41, 5.74) is 2.38. The van der Waals surface area contributed by atoms with E-state index < -0.39 is 0 Å². The lowest BCUT2D eigenvalue weighted by molar-refractivity contribution is 0.171. The van der Waals surface area contributed by atoms with Gasteiger partial charge >= 0.3 is 0 Å². The van der Waals surface area contributed by atoms with Crippen molar-refractivity contribution in [2.75, 3.05) is 19.8 Å². The van der Waals surface area contributed by atoms with Gasteiger partial charge in [0, 0.05) is 0 Å². The van der Waals surface area contributed by atoms with E-state index in [0.717, 1.165) is 41.4 Å². The molecule has 0 unspecified atom stereocenters. The van der Waals surface area contributed by atoms with Crippen molar-refractivity contribution in [3.63, 3.8) is 0 Å². The van der Waals surface area contributed by atoms with Crippen LogP contribution in [0, 0.1) is 11.3 Å². The molecular formula is C25H29NO3. The Morgan fingerprint density at radius 2 is 1.69 bits per heavy atom. The number of rotatable bonds is 10. The third-order valence-electron chi connectivity index (χ3n) is 4.93. The van der Waals surface area contributed by atoms with Gasteiger partial charge in [0.2, 0.25) is 0 Å². The van der Waals surface area contributed by atoms with Crippen molar-refractivity contribution < 1.29 is 14.2 Å². The average Bonchev–Trinajstić information content (AvgIpc) is 2.77. The smallest absolute Gasteiger partial charge is 0.161 e. The highest BCUT2D eigenvalue weighted by atomic mass is 16.6. The number of fused-ring (bicyclic) bond motifs is 1. The fourth-order valence-corrected chi connectivity index (χ4v) is 3.30. The second-order valence-corrected chi connectivity index (χ2v) is 7.21. The van der Waals surface area contributed by atoms with Crippen LogP contribution in [0.2, 0.25) is 0 Å². The molecule has 3 rings (SSSR count). The number of nitrogens with zero attached hydrogens (tertiary/aromatic N) is 1. The van der Waals surface area contributed by atoms with E-state index in [2.05, 4.69) is 13.0 Å². The van der Waals surface area contributed by atoms with Crippen LogP contribution in [0.25, 0.3) is 11.6 Å². The van der Waals surface area contributed by atoms with Crippen molar-refractivity contribution >= 4 is 11.6 Å². The number of benzene rings is 2. The van der Waals surface area contributed by atoms with Gasteiger partial charge in [0.1, 0.15) is 19.0 Å². The molecule has 29 heavy (non-hydrogen) atoms. The van der Waals surface area contributed by atoms with Crippen molar-refractivity contribution in [1.82, 2.24) is 0 Å². The van der Waals surface area contributed by atoms with Crippen molar-refractivity contribution in [2.45, 2.75) is 45.4 Å². The molecule has 152 valence electrons. The molecule has 2 aromatic carbocycles. The Kier molecular flexibility index (Phi) is 8.01. The molecule has 0 aromatic heterocycles. The molecular weight excluding hydrogens is 362 g/mol. The maximum atomic E-state index is 9.61. The molecule has 0 amide bonds. The number of hydrogen-bond donors (Lipinski definition) is 0. The lowest BCUT2D eigenvalue weighted by atomic mass is 10.0. The maximum Gasteiger partial charge on any atom is 0.161 e. The van der Waals surface area contributed by atoms with E-state index in [9.17, 15) is 5.26 Å². The quantitative estimate of drug-likeness (QED) is 0.272. The van der Waals surface area contributed by atoms with Crippen molar-refractivity contribution in [3.05, 3.63) is 53.6 Å². The van der Waals surface area contributed by atoms with Crippen LogP contribution in [0.4, 0.5) is 0 Å². The first kappa shape index (κ1) is 20.8. The van der Waals surface area contributed by atoms with E-state index in [1.165, 1.54) is 32.1 Å². The van der Waals surface area contributed by atoms with Gasteiger partial charge < -0.3 is 14.2 Å². The van der Waals surface area contributed by atoms with Gasteiger partial charge in [-0.3, -0.25) is 0 Å². The van der Waals surface area contributed by atoms with Crippen LogP contribution in [0.1, 0.15) is 56.6 Å². The van der Waals surface area contributed by atoms with Crippen LogP contribution in [0.3, 0.4) is 0 Å². The van der Waals surface area contributed by atoms with Crippen LogP contribution in [0.15, 0.2) is 42.5 Å². The molecule has 0 N–H and O–H groups in total. The van der Waals surface area contributed by atoms with Gasteiger partial charge in [-0.05, 0) is 60.0 Å². The summed E-state index contributed by atoms with van der Waals surface area (Å²) in [5.74, 6) is 2.32. The topological polar surface area (TPSA) is 51.5 Å². The zero-order chi connectivity index (χ0) is 20.3. The summed E-state index contributed by atoms with van der Waals surface area (Å²) >= 11 is 0. The molecule has 0 aliphatic carbocycles. The van der Waals surface area contributed by atoms with E-state index in [1.807, 2.05) is 48.5 Å². The average molecular weight is 392 g/mol. The summed E-state index contributed by atoms with van der Waals surface area (Å²) in [6.07, 6.45) is 9.36. The Labute approximate surface area is 173 Å². The second kappa shape index (κ2) is 11.2. The van der Waals surface area contributed by atoms with Crippen LogP contribution in [-0.4, -0.2) is 19.8 Å². The number of nitriles is 1. The molecule has 0 bridgehead atoms. The van der Waals surface area contributed by atoms with Crippen LogP contribution < -0.4 is 14.2 Å². The van der Waals surface area contributed by atoms with E-state index in [4.69, 9.17) is 14.2 Å². The summed E-state index contributed by atoms with van der Waals surface area (Å²) in [4.78, 5) is 0. The standard InChI is InChI=1S/C25H29NO3/c1-2-3-4-5-6-7-14-27-23-11-9-21(10-12-23)22(19-26)17-20-8-13-24-25(18-20)29-16-15-28-24/h8-13,17-18H,2-7,14-16H2,1H3. The van der Waals surface area contributed by atoms with Gasteiger partial charge in [-0.25, -0.2) is 0 Å². The van der Waals surface area contributed by atoms with Crippen LogP contribution in [0.5, 0.6) is 17.2 Å². The maximum absolute atomic E-state index is 9.61. The van der Waals surface area contributed by atoms with Gasteiger partial charge in [0.25, 0.3) is 0 Å². The van der Waals surface area contributed by atoms with Crippen LogP contribution in [-0.2, 0) is 0 Å². The lowest BCUT2D eigenvalue weighted by Crippen LogP contribution is -2.15. The molecule has 1 aliphatic rings. The Hall–Kier alpha value is -2.93. The number of ether oxygens (including phenoxy) is 3. The largest absolute Gasteiger partial charge is 0.494 e. The fraction of sp³-hybridized carbons (Fsp3) is 0.400. The summed E-state index contributed by atoms with van der Waals surface area (Å²) in [5, 5.41) is 9.61. The highest BCUT2D eigenvalue weighted by Crippen LogP contribution is 2.32. The van der Waals surface area contributed by atoms with Gasteiger partial charge in [-0.2, -0.15) is 5.26 Å². The molecule has 0 spiro atoms. The van der Waals surface area contributed by atoms with E-state index in [1.54, 1.807) is 0 Å². The molecule has 0 fully saturated rings. The first-order valence-electron chi connectivity index (χ1n) is 10.5. The Balaban J connectivity index is 1.56. The molecule has 0 radical (unpaired) electrons. The zero-order valence-corrected chi connectivity index (χ0v) is 17.2. The van der Waals surface area contributed by atoms with Gasteiger partial charge in [0.05, 0.1) is 18.2 Å². The van der Waals surface area contributed by atoms with Crippen molar-refractivity contribution in [1.29, 1.82) is 5.26 Å². The molecule has 0 saturated carbocycles. The van der Waals surface area contributed by atoms with Gasteiger partial charge in [-0.15, -0.1) is 0 Å². The van der Waals surface area contributed by atoms with Crippen molar-refractivity contribution in [3.8, 4) is 23.3 Å². The molecule has 4 nitrogen and oxygen atoms in total. The van der Waals surface area contributed by atoms with Gasteiger partial charge in [0.15, 0.2) is 11.5 Å². The van der Waals surface area contributed by atoms with E-state index in [-0.39, 0.29) is 0 Å². The Bertz CT molecular complexity index is 849. The lowest BCUT2D eigenvalue weighted by Gasteiger charge is -2.18. The summed E-state index contributed by atoms with van der Waals surface area (Å²) in [6, 6.07) is 15.7. The zero-order valence-electron chi connectivity index (χ0n) is 17.2. The third kappa shape index (κ3) is 6.29. The number of unbranched alkanes of at least 4 members (excludes halogenated alkanes) is 5. The molecule has 1 heterocycles. The minimum Gasteiger partial charge on any atom is -0.494 e. The highest BCUT2D eigenvalue weighted by molar-refractivity contribution is 5.90. The first-order valence-corrected chi connectivity index (χ1v) is 10.5. The van der Waals surface area contributed by atoms with E-state index in [0.29, 0.717) is 18.8 Å². The molecule has 4 heteroatoms. The molecule has 0 atom stereocenters. The van der Waals surface area contributed by atoms with E-state index >= 15 is 0 Å². The summed E-state index contributed by atoms with van der Waals surface area (Å²) in [7, 11) is 0. The Morgan fingerprint density at radius 3 is 2.45 bits per heavy atom. The van der Waals surface area contributed by atoms with Gasteiger partial charge in [-0.1, -0.05) is 45.1 Å². The Morgan fingerprint density at radius 1 is 0.966 bits per heavy atom. The normalized spacial score (nSPS) is 13.0. The predicted octanol–water partition coefficient (Wildman–Crippen LogP) is 6.26. The predicted molar refractivity (Wildman–Crippen MR) is 116 cm³/mol. The molecule has 1 aliphatic heterocycles. The monoisotopic (exact) mass is 391 g/mol. The second-order valence-electron chi connectivity index (χ2n) is 7.21. The summed E-state index contributed by atoms with van der Waals surface area (Å²) < 4.78 is 17.0. The number of allylic oxidation sites excluding steroid dienone is 1. The third-order valence-corrected chi connectivity index (χ3v) is 4.93. The SMILES string of the molecule is CCCCCCCCOc1ccc(C(C#N)=Cc2ccc3c(c2)OCCO3)cc1. The highest BCUT2D eigenvalue weighted by Gasteiger charge is 2.11. The minimum atomic E-state index is 0.547. The minimum absolute atomic E-state index is 0.547. The molecule has 2 aromatic rings. The summed E-state index contributed by atoms with van der Waals surface area (Å²) in [6.45, 7) is 4.09. The van der Waals surface area contributed by atoms with Crippen molar-refractivity contribution in [2.24, 2.45) is 0 Å².